The van der Waals surface area contributed by atoms with Gasteiger partial charge in [-0.15, -0.1) is 0 Å². The topological polar surface area (TPSA) is 115 Å². The fraction of sp³-hybridized carbons (Fsp3) is 0.125. The first-order chi connectivity index (χ1) is 16.5. The molecule has 3 heterocycles. The van der Waals surface area contributed by atoms with Crippen molar-refractivity contribution in [3.63, 3.8) is 0 Å². The summed E-state index contributed by atoms with van der Waals surface area (Å²) in [5.74, 6) is 1.43. The lowest BCUT2D eigenvalue weighted by molar-refractivity contribution is 0.102. The van der Waals surface area contributed by atoms with Gasteiger partial charge in [0.1, 0.15) is 11.6 Å². The summed E-state index contributed by atoms with van der Waals surface area (Å²) in [4.78, 5) is 22.1. The minimum Gasteiger partial charge on any atom is -0.357 e. The van der Waals surface area contributed by atoms with Crippen LogP contribution in [0.3, 0.4) is 0 Å². The van der Waals surface area contributed by atoms with Crippen LogP contribution in [0, 0.1) is 6.92 Å². The third-order valence-corrected chi connectivity index (χ3v) is 5.47. The van der Waals surface area contributed by atoms with Crippen LogP contribution in [-0.2, 0) is 7.05 Å². The summed E-state index contributed by atoms with van der Waals surface area (Å²) in [6.07, 6.45) is 3.37. The first-order valence-electron chi connectivity index (χ1n) is 10.7. The van der Waals surface area contributed by atoms with Crippen molar-refractivity contribution in [2.24, 2.45) is 7.05 Å². The Morgan fingerprint density at radius 3 is 2.56 bits per heavy atom. The zero-order valence-electron chi connectivity index (χ0n) is 18.9. The average molecular weight is 454 g/mol. The Labute approximate surface area is 195 Å². The number of fused-ring (bicyclic) bond motifs is 1. The Kier molecular flexibility index (Phi) is 5.38. The number of carbonyl (C=O) groups is 1. The van der Waals surface area contributed by atoms with E-state index >= 15 is 0 Å². The van der Waals surface area contributed by atoms with Crippen LogP contribution in [0.25, 0.3) is 16.7 Å². The molecule has 2 aromatic carbocycles. The summed E-state index contributed by atoms with van der Waals surface area (Å²) in [5, 5.41) is 18.6. The summed E-state index contributed by atoms with van der Waals surface area (Å²) < 4.78 is 3.38. The van der Waals surface area contributed by atoms with E-state index in [-0.39, 0.29) is 5.91 Å². The average Bonchev–Trinajstić information content (AvgIpc) is 3.47. The molecule has 5 aromatic rings. The number of amides is 1. The Bertz CT molecular complexity index is 1490. The van der Waals surface area contributed by atoms with E-state index < -0.39 is 0 Å². The van der Waals surface area contributed by atoms with Crippen LogP contribution < -0.4 is 16.0 Å². The van der Waals surface area contributed by atoms with Crippen molar-refractivity contribution in [3.05, 3.63) is 78.1 Å². The molecule has 0 aliphatic rings. The number of para-hydroxylation sites is 1. The van der Waals surface area contributed by atoms with E-state index in [0.717, 1.165) is 22.3 Å². The molecule has 0 aliphatic carbocycles. The standard InChI is InChI=1S/C24H23N9O/c1-15-9-10-16(23(34)29-20-11-12-26-32(20)3)13-19(15)28-21-18-14-27-33(17-7-5-4-6-8-17)22(18)31-24(25-2)30-21/h4-14H,1-3H3,(H,29,34)(H2,25,28,30,31). The van der Waals surface area contributed by atoms with E-state index in [0.29, 0.717) is 28.8 Å². The van der Waals surface area contributed by atoms with Gasteiger partial charge >= 0.3 is 0 Å². The van der Waals surface area contributed by atoms with Crippen molar-refractivity contribution in [3.8, 4) is 5.69 Å². The van der Waals surface area contributed by atoms with E-state index in [4.69, 9.17) is 0 Å². The third kappa shape index (κ3) is 3.92. The maximum Gasteiger partial charge on any atom is 0.256 e. The van der Waals surface area contributed by atoms with Crippen molar-refractivity contribution >= 4 is 40.2 Å². The summed E-state index contributed by atoms with van der Waals surface area (Å²) in [6, 6.07) is 17.0. The number of hydrogen-bond donors (Lipinski definition) is 3. The molecule has 0 radical (unpaired) electrons. The minimum absolute atomic E-state index is 0.229. The highest BCUT2D eigenvalue weighted by Gasteiger charge is 2.16. The number of nitrogens with one attached hydrogen (secondary N) is 3. The van der Waals surface area contributed by atoms with Crippen LogP contribution in [0.2, 0.25) is 0 Å². The molecular formula is C24H23N9O. The van der Waals surface area contributed by atoms with Gasteiger partial charge in [-0.2, -0.15) is 20.2 Å². The lowest BCUT2D eigenvalue weighted by Crippen LogP contribution is -2.15. The summed E-state index contributed by atoms with van der Waals surface area (Å²) in [6.45, 7) is 1.97. The van der Waals surface area contributed by atoms with E-state index in [1.54, 1.807) is 54.1 Å². The van der Waals surface area contributed by atoms with Crippen LogP contribution in [0.5, 0.6) is 0 Å². The zero-order chi connectivity index (χ0) is 23.7. The molecular weight excluding hydrogens is 430 g/mol. The predicted molar refractivity (Wildman–Crippen MR) is 132 cm³/mol. The number of aromatic nitrogens is 6. The van der Waals surface area contributed by atoms with Crippen molar-refractivity contribution in [1.82, 2.24) is 29.5 Å². The molecule has 0 fully saturated rings. The second-order valence-electron chi connectivity index (χ2n) is 7.72. The lowest BCUT2D eigenvalue weighted by atomic mass is 10.1. The van der Waals surface area contributed by atoms with E-state index in [2.05, 4.69) is 36.1 Å². The molecule has 0 spiro atoms. The highest BCUT2D eigenvalue weighted by atomic mass is 16.1. The number of aryl methyl sites for hydroxylation is 2. The van der Waals surface area contributed by atoms with E-state index in [1.807, 2.05) is 43.3 Å². The fourth-order valence-electron chi connectivity index (χ4n) is 3.58. The van der Waals surface area contributed by atoms with Gasteiger partial charge in [0, 0.05) is 31.4 Å². The number of hydrogen-bond acceptors (Lipinski definition) is 7. The first-order valence-corrected chi connectivity index (χ1v) is 10.7. The Morgan fingerprint density at radius 1 is 1.00 bits per heavy atom. The van der Waals surface area contributed by atoms with Crippen molar-refractivity contribution in [2.45, 2.75) is 6.92 Å². The van der Waals surface area contributed by atoms with Crippen molar-refractivity contribution in [1.29, 1.82) is 0 Å². The van der Waals surface area contributed by atoms with Gasteiger partial charge in [-0.1, -0.05) is 24.3 Å². The number of carbonyl (C=O) groups excluding carboxylic acids is 1. The highest BCUT2D eigenvalue weighted by Crippen LogP contribution is 2.29. The fourth-order valence-corrected chi connectivity index (χ4v) is 3.58. The van der Waals surface area contributed by atoms with Gasteiger partial charge in [-0.3, -0.25) is 9.48 Å². The van der Waals surface area contributed by atoms with E-state index in [9.17, 15) is 4.79 Å². The molecule has 3 aromatic heterocycles. The minimum atomic E-state index is -0.229. The molecule has 0 bridgehead atoms. The smallest absolute Gasteiger partial charge is 0.256 e. The molecule has 10 nitrogen and oxygen atoms in total. The monoisotopic (exact) mass is 453 g/mol. The molecule has 0 saturated carbocycles. The lowest BCUT2D eigenvalue weighted by Gasteiger charge is -2.13. The maximum atomic E-state index is 12.8. The van der Waals surface area contributed by atoms with Gasteiger partial charge in [0.15, 0.2) is 5.65 Å². The normalized spacial score (nSPS) is 10.9. The maximum absolute atomic E-state index is 12.8. The number of anilines is 4. The third-order valence-electron chi connectivity index (χ3n) is 5.47. The molecule has 0 saturated heterocycles. The van der Waals surface area contributed by atoms with E-state index in [1.165, 1.54) is 0 Å². The molecule has 0 aliphatic heterocycles. The van der Waals surface area contributed by atoms with Gasteiger partial charge in [-0.25, -0.2) is 4.68 Å². The van der Waals surface area contributed by atoms with Gasteiger partial charge in [0.2, 0.25) is 5.95 Å². The highest BCUT2D eigenvalue weighted by molar-refractivity contribution is 6.04. The summed E-state index contributed by atoms with van der Waals surface area (Å²) in [5.41, 5.74) is 3.79. The van der Waals surface area contributed by atoms with Gasteiger partial charge in [-0.05, 0) is 36.8 Å². The Balaban J connectivity index is 1.52. The van der Waals surface area contributed by atoms with Gasteiger partial charge in [0.25, 0.3) is 5.91 Å². The van der Waals surface area contributed by atoms with Crippen LogP contribution in [0.4, 0.5) is 23.3 Å². The molecule has 3 N–H and O–H groups in total. The number of nitrogens with zero attached hydrogens (tertiary/aromatic N) is 6. The molecule has 170 valence electrons. The number of benzene rings is 2. The van der Waals surface area contributed by atoms with Crippen LogP contribution in [0.15, 0.2) is 67.0 Å². The molecule has 0 atom stereocenters. The second kappa shape index (κ2) is 8.66. The Morgan fingerprint density at radius 2 is 1.82 bits per heavy atom. The SMILES string of the molecule is CNc1nc(Nc2cc(C(=O)Nc3ccnn3C)ccc2C)c2cnn(-c3ccccc3)c2n1. The molecule has 1 amide bonds. The molecule has 5 rings (SSSR count). The summed E-state index contributed by atoms with van der Waals surface area (Å²) in [7, 11) is 3.54. The Hall–Kier alpha value is -4.73. The molecule has 34 heavy (non-hydrogen) atoms. The quantitative estimate of drug-likeness (QED) is 0.357. The second-order valence-corrected chi connectivity index (χ2v) is 7.72. The number of rotatable bonds is 6. The van der Waals surface area contributed by atoms with Crippen LogP contribution in [0.1, 0.15) is 15.9 Å². The predicted octanol–water partition coefficient (Wildman–Crippen LogP) is 3.90. The van der Waals surface area contributed by atoms with Crippen molar-refractivity contribution < 1.29 is 4.79 Å². The van der Waals surface area contributed by atoms with Crippen molar-refractivity contribution in [2.75, 3.05) is 23.0 Å². The summed E-state index contributed by atoms with van der Waals surface area (Å²) >= 11 is 0. The first kappa shape index (κ1) is 21.1. The van der Waals surface area contributed by atoms with Crippen LogP contribution in [-0.4, -0.2) is 42.5 Å². The largest absolute Gasteiger partial charge is 0.357 e. The van der Waals surface area contributed by atoms with Crippen LogP contribution >= 0.6 is 0 Å². The molecule has 10 heteroatoms. The van der Waals surface area contributed by atoms with Gasteiger partial charge in [0.05, 0.1) is 23.5 Å². The molecule has 0 unspecified atom stereocenters. The van der Waals surface area contributed by atoms with Gasteiger partial charge < -0.3 is 16.0 Å². The zero-order valence-corrected chi connectivity index (χ0v) is 18.9.